The fourth-order valence-corrected chi connectivity index (χ4v) is 0.637. The molecule has 48 valence electrons. The first kappa shape index (κ1) is 6.15. The molecule has 0 fully saturated rings. The first-order chi connectivity index (χ1) is 4.29. The number of aromatic amines is 1. The molecule has 0 amide bonds. The topological polar surface area (TPSA) is 67.6 Å². The average Bonchev–Trinajstić information content (AvgIpc) is 2.15. The van der Waals surface area contributed by atoms with Crippen LogP contribution in [0, 0.1) is 0 Å². The van der Waals surface area contributed by atoms with Crippen molar-refractivity contribution >= 4 is 17.2 Å². The highest BCUT2D eigenvalue weighted by atomic mass is 32.1. The fraction of sp³-hybridized carbons (Fsp3) is 0.250. The minimum atomic E-state index is 0.434. The second-order valence-corrected chi connectivity index (χ2v) is 2.13. The Labute approximate surface area is 57.4 Å². The molecule has 0 bridgehead atoms. The second-order valence-electron chi connectivity index (χ2n) is 1.60. The lowest BCUT2D eigenvalue weighted by atomic mass is 10.3. The lowest BCUT2D eigenvalue weighted by Gasteiger charge is -1.87. The minimum absolute atomic E-state index is 0.434. The Kier molecular flexibility index (Phi) is 1.74. The van der Waals surface area contributed by atoms with Crippen LogP contribution in [-0.4, -0.2) is 20.4 Å². The van der Waals surface area contributed by atoms with Crippen molar-refractivity contribution in [2.24, 2.45) is 5.73 Å². The van der Waals surface area contributed by atoms with Crippen molar-refractivity contribution in [3.05, 3.63) is 11.9 Å². The number of nitrogens with one attached hydrogen (secondary N) is 1. The first-order valence-corrected chi connectivity index (χ1v) is 2.83. The van der Waals surface area contributed by atoms with Crippen molar-refractivity contribution in [2.45, 2.75) is 6.42 Å². The predicted molar refractivity (Wildman–Crippen MR) is 36.9 cm³/mol. The fourth-order valence-electron chi connectivity index (χ4n) is 0.489. The molecule has 1 heterocycles. The number of hydrogen-bond donors (Lipinski definition) is 2. The molecule has 5 heteroatoms. The van der Waals surface area contributed by atoms with E-state index < -0.39 is 0 Å². The van der Waals surface area contributed by atoms with Crippen molar-refractivity contribution < 1.29 is 0 Å². The van der Waals surface area contributed by atoms with E-state index in [-0.39, 0.29) is 0 Å². The van der Waals surface area contributed by atoms with Crippen LogP contribution in [0.2, 0.25) is 0 Å². The summed E-state index contributed by atoms with van der Waals surface area (Å²) in [5.74, 6) is 0. The number of nitrogens with zero attached hydrogens (tertiary/aromatic N) is 2. The van der Waals surface area contributed by atoms with Gasteiger partial charge in [0.15, 0.2) is 0 Å². The number of nitrogens with two attached hydrogens (primary N) is 1. The zero-order valence-electron chi connectivity index (χ0n) is 4.66. The molecule has 0 radical (unpaired) electrons. The Bertz CT molecular complexity index is 192. The van der Waals surface area contributed by atoms with E-state index >= 15 is 0 Å². The predicted octanol–water partition coefficient (Wildman–Crippen LogP) is -0.367. The average molecular weight is 142 g/mol. The zero-order chi connectivity index (χ0) is 6.69. The van der Waals surface area contributed by atoms with E-state index in [0.717, 1.165) is 5.69 Å². The summed E-state index contributed by atoms with van der Waals surface area (Å²) in [6.45, 7) is 0. The van der Waals surface area contributed by atoms with Crippen LogP contribution in [0.5, 0.6) is 0 Å². The Balaban J connectivity index is 2.58. The molecule has 0 saturated carbocycles. The van der Waals surface area contributed by atoms with E-state index in [9.17, 15) is 0 Å². The van der Waals surface area contributed by atoms with Gasteiger partial charge in [0.05, 0.1) is 16.9 Å². The van der Waals surface area contributed by atoms with Gasteiger partial charge in [-0.25, -0.2) is 0 Å². The van der Waals surface area contributed by atoms with Gasteiger partial charge in [0.25, 0.3) is 0 Å². The van der Waals surface area contributed by atoms with Gasteiger partial charge in [-0.3, -0.25) is 0 Å². The van der Waals surface area contributed by atoms with Crippen LogP contribution >= 0.6 is 12.2 Å². The van der Waals surface area contributed by atoms with Crippen molar-refractivity contribution in [1.29, 1.82) is 0 Å². The monoisotopic (exact) mass is 142 g/mol. The third-order valence-electron chi connectivity index (χ3n) is 0.820. The molecule has 0 aliphatic heterocycles. The maximum Gasteiger partial charge on any atom is 0.0891 e. The van der Waals surface area contributed by atoms with Crippen molar-refractivity contribution in [2.75, 3.05) is 0 Å². The molecule has 0 atom stereocenters. The van der Waals surface area contributed by atoms with Gasteiger partial charge < -0.3 is 5.73 Å². The van der Waals surface area contributed by atoms with Crippen molar-refractivity contribution in [3.8, 4) is 0 Å². The molecule has 0 aliphatic rings. The normalized spacial score (nSPS) is 9.33. The Morgan fingerprint density at radius 3 is 3.11 bits per heavy atom. The molecule has 9 heavy (non-hydrogen) atoms. The molecule has 1 aromatic heterocycles. The van der Waals surface area contributed by atoms with E-state index in [1.807, 2.05) is 0 Å². The van der Waals surface area contributed by atoms with E-state index in [4.69, 9.17) is 5.73 Å². The highest BCUT2D eigenvalue weighted by Gasteiger charge is 1.95. The molecule has 0 aliphatic carbocycles. The third kappa shape index (κ3) is 1.77. The molecular weight excluding hydrogens is 136 g/mol. The van der Waals surface area contributed by atoms with Gasteiger partial charge in [-0.1, -0.05) is 12.2 Å². The van der Waals surface area contributed by atoms with Gasteiger partial charge in [0, 0.05) is 6.42 Å². The lowest BCUT2D eigenvalue weighted by molar-refractivity contribution is 0.923. The van der Waals surface area contributed by atoms with Crippen molar-refractivity contribution in [3.63, 3.8) is 0 Å². The second kappa shape index (κ2) is 2.54. The smallest absolute Gasteiger partial charge is 0.0891 e. The van der Waals surface area contributed by atoms with Gasteiger partial charge in [-0.2, -0.15) is 15.4 Å². The summed E-state index contributed by atoms with van der Waals surface area (Å²) in [6.07, 6.45) is 2.12. The van der Waals surface area contributed by atoms with Crippen molar-refractivity contribution in [1.82, 2.24) is 15.4 Å². The SMILES string of the molecule is NC(=S)Cc1cn[nH]n1. The van der Waals surface area contributed by atoms with Gasteiger partial charge in [0.1, 0.15) is 0 Å². The number of aromatic nitrogens is 3. The minimum Gasteiger partial charge on any atom is -0.393 e. The van der Waals surface area contributed by atoms with E-state index in [2.05, 4.69) is 27.6 Å². The summed E-state index contributed by atoms with van der Waals surface area (Å²) < 4.78 is 0. The summed E-state index contributed by atoms with van der Waals surface area (Å²) in [5, 5.41) is 9.80. The van der Waals surface area contributed by atoms with Gasteiger partial charge in [-0.15, -0.1) is 0 Å². The Morgan fingerprint density at radius 1 is 1.89 bits per heavy atom. The van der Waals surface area contributed by atoms with E-state index in [1.165, 1.54) is 0 Å². The van der Waals surface area contributed by atoms with Crippen LogP contribution in [0.15, 0.2) is 6.20 Å². The Morgan fingerprint density at radius 2 is 2.67 bits per heavy atom. The largest absolute Gasteiger partial charge is 0.393 e. The summed E-state index contributed by atoms with van der Waals surface area (Å²) in [6, 6.07) is 0. The number of H-pyrrole nitrogens is 1. The van der Waals surface area contributed by atoms with Gasteiger partial charge >= 0.3 is 0 Å². The van der Waals surface area contributed by atoms with Crippen LogP contribution < -0.4 is 5.73 Å². The number of hydrogen-bond acceptors (Lipinski definition) is 3. The maximum atomic E-state index is 5.23. The zero-order valence-corrected chi connectivity index (χ0v) is 5.48. The molecular formula is C4H6N4S. The molecule has 0 spiro atoms. The highest BCUT2D eigenvalue weighted by molar-refractivity contribution is 7.80. The summed E-state index contributed by atoms with van der Waals surface area (Å²) in [7, 11) is 0. The Hall–Kier alpha value is -0.970. The molecule has 1 rings (SSSR count). The molecule has 0 saturated heterocycles. The van der Waals surface area contributed by atoms with Gasteiger partial charge in [0.2, 0.25) is 0 Å². The first-order valence-electron chi connectivity index (χ1n) is 2.42. The standard InChI is InChI=1S/C4H6N4S/c5-4(9)1-3-2-6-8-7-3/h2H,1H2,(H2,5,9)(H,6,7,8). The van der Waals surface area contributed by atoms with E-state index in [0.29, 0.717) is 11.4 Å². The summed E-state index contributed by atoms with van der Waals surface area (Å²) in [5.41, 5.74) is 6.01. The van der Waals surface area contributed by atoms with Gasteiger partial charge in [-0.05, 0) is 0 Å². The number of thiocarbonyl (C=S) groups is 1. The van der Waals surface area contributed by atoms with Crippen LogP contribution in [-0.2, 0) is 6.42 Å². The maximum absolute atomic E-state index is 5.23. The lowest BCUT2D eigenvalue weighted by Crippen LogP contribution is -2.11. The van der Waals surface area contributed by atoms with E-state index in [1.54, 1.807) is 6.20 Å². The summed E-state index contributed by atoms with van der Waals surface area (Å²) >= 11 is 4.64. The molecule has 0 unspecified atom stereocenters. The van der Waals surface area contributed by atoms with Crippen LogP contribution in [0.4, 0.5) is 0 Å². The van der Waals surface area contributed by atoms with Crippen LogP contribution in [0.25, 0.3) is 0 Å². The summed E-state index contributed by atoms with van der Waals surface area (Å²) in [4.78, 5) is 0.434. The molecule has 1 aromatic rings. The number of rotatable bonds is 2. The quantitative estimate of drug-likeness (QED) is 0.553. The van der Waals surface area contributed by atoms with Crippen LogP contribution in [0.3, 0.4) is 0 Å². The third-order valence-corrected chi connectivity index (χ3v) is 0.965. The highest BCUT2D eigenvalue weighted by Crippen LogP contribution is 1.88. The molecule has 3 N–H and O–H groups in total. The molecule has 0 aromatic carbocycles. The van der Waals surface area contributed by atoms with Crippen LogP contribution in [0.1, 0.15) is 5.69 Å². The molecule has 4 nitrogen and oxygen atoms in total.